The van der Waals surface area contributed by atoms with Gasteiger partial charge in [-0.1, -0.05) is 13.0 Å². The molecule has 0 radical (unpaired) electrons. The van der Waals surface area contributed by atoms with Gasteiger partial charge in [0.1, 0.15) is 0 Å². The van der Waals surface area contributed by atoms with Gasteiger partial charge in [0.15, 0.2) is 0 Å². The fraction of sp³-hybridized carbons (Fsp3) is 0.533. The quantitative estimate of drug-likeness (QED) is 0.888. The highest BCUT2D eigenvalue weighted by atomic mass is 16.5. The molecule has 0 saturated carbocycles. The van der Waals surface area contributed by atoms with Crippen molar-refractivity contribution in [3.05, 3.63) is 24.3 Å². The zero-order valence-corrected chi connectivity index (χ0v) is 12.2. The molecule has 1 aliphatic heterocycles. The number of likely N-dealkylation sites (tertiary alicyclic amines) is 1. The lowest BCUT2D eigenvalue weighted by Gasteiger charge is -2.32. The van der Waals surface area contributed by atoms with Gasteiger partial charge in [0.05, 0.1) is 7.11 Å². The number of anilines is 2. The van der Waals surface area contributed by atoms with Gasteiger partial charge in [0.25, 0.3) is 0 Å². The van der Waals surface area contributed by atoms with Gasteiger partial charge in [-0.05, 0) is 37.6 Å². The van der Waals surface area contributed by atoms with Crippen LogP contribution in [-0.4, -0.2) is 43.8 Å². The minimum atomic E-state index is -0.446. The highest BCUT2D eigenvalue weighted by molar-refractivity contribution is 5.85. The highest BCUT2D eigenvalue weighted by Crippen LogP contribution is 2.19. The van der Waals surface area contributed by atoms with E-state index >= 15 is 0 Å². The van der Waals surface area contributed by atoms with Crippen LogP contribution in [0, 0.1) is 0 Å². The second kappa shape index (κ2) is 7.14. The summed E-state index contributed by atoms with van der Waals surface area (Å²) in [4.78, 5) is 13.7. The molecule has 1 amide bonds. The van der Waals surface area contributed by atoms with E-state index in [2.05, 4.69) is 27.2 Å². The number of rotatable bonds is 4. The number of carbonyl (C=O) groups excluding carboxylic acids is 1. The third kappa shape index (κ3) is 4.13. The molecule has 0 bridgehead atoms. The molecule has 1 saturated heterocycles. The normalized spacial score (nSPS) is 16.7. The predicted octanol–water partition coefficient (Wildman–Crippen LogP) is 2.76. The monoisotopic (exact) mass is 277 g/mol. The van der Waals surface area contributed by atoms with Gasteiger partial charge in [-0.2, -0.15) is 0 Å². The molecule has 1 aliphatic rings. The van der Waals surface area contributed by atoms with Crippen molar-refractivity contribution < 1.29 is 9.53 Å². The lowest BCUT2D eigenvalue weighted by atomic mass is 10.0. The first-order valence-corrected chi connectivity index (χ1v) is 7.15. The molecule has 110 valence electrons. The number of piperidine rings is 1. The third-order valence-electron chi connectivity index (χ3n) is 3.70. The van der Waals surface area contributed by atoms with E-state index in [1.807, 2.05) is 24.3 Å². The maximum atomic E-state index is 11.2. The number of methoxy groups -OCH3 is 1. The molecule has 2 rings (SSSR count). The fourth-order valence-corrected chi connectivity index (χ4v) is 2.48. The third-order valence-corrected chi connectivity index (χ3v) is 3.70. The van der Waals surface area contributed by atoms with Crippen LogP contribution in [0.25, 0.3) is 0 Å². The van der Waals surface area contributed by atoms with E-state index in [0.29, 0.717) is 6.04 Å². The van der Waals surface area contributed by atoms with Crippen LogP contribution in [0.3, 0.4) is 0 Å². The van der Waals surface area contributed by atoms with Crippen molar-refractivity contribution in [2.75, 3.05) is 37.4 Å². The molecule has 0 spiro atoms. The largest absolute Gasteiger partial charge is 0.453 e. The zero-order valence-electron chi connectivity index (χ0n) is 12.2. The Bertz CT molecular complexity index is 442. The van der Waals surface area contributed by atoms with Gasteiger partial charge in [0, 0.05) is 30.5 Å². The molecule has 20 heavy (non-hydrogen) atoms. The number of hydrogen-bond donors (Lipinski definition) is 2. The van der Waals surface area contributed by atoms with Crippen molar-refractivity contribution >= 4 is 17.5 Å². The van der Waals surface area contributed by atoms with Crippen molar-refractivity contribution in [2.24, 2.45) is 0 Å². The summed E-state index contributed by atoms with van der Waals surface area (Å²) in [6, 6.07) is 8.24. The molecule has 0 aromatic heterocycles. The Morgan fingerprint density at radius 3 is 2.70 bits per heavy atom. The first-order chi connectivity index (χ1) is 9.71. The molecule has 1 aromatic rings. The number of nitrogens with zero attached hydrogens (tertiary/aromatic N) is 1. The molecule has 1 fully saturated rings. The molecule has 0 unspecified atom stereocenters. The van der Waals surface area contributed by atoms with Crippen LogP contribution in [0.1, 0.15) is 19.8 Å². The van der Waals surface area contributed by atoms with Crippen LogP contribution >= 0.6 is 0 Å². The number of benzene rings is 1. The van der Waals surface area contributed by atoms with Crippen molar-refractivity contribution in [2.45, 2.75) is 25.8 Å². The first-order valence-electron chi connectivity index (χ1n) is 7.15. The number of nitrogens with one attached hydrogen (secondary N) is 2. The summed E-state index contributed by atoms with van der Waals surface area (Å²) in [6.07, 6.45) is 1.86. The molecular formula is C15H23N3O2. The Kier molecular flexibility index (Phi) is 5.24. The number of ether oxygens (including phenoxy) is 1. The smallest absolute Gasteiger partial charge is 0.411 e. The summed E-state index contributed by atoms with van der Waals surface area (Å²) in [7, 11) is 1.36. The highest BCUT2D eigenvalue weighted by Gasteiger charge is 2.17. The van der Waals surface area contributed by atoms with Crippen LogP contribution in [0.15, 0.2) is 24.3 Å². The standard InChI is InChI=1S/C15H23N3O2/c1-3-18-9-7-12(8-10-18)16-13-5-4-6-14(11-13)17-15(19)20-2/h4-6,11-12,16H,3,7-10H2,1-2H3,(H,17,19). The molecule has 1 heterocycles. The maximum absolute atomic E-state index is 11.2. The Labute approximate surface area is 120 Å². The Hall–Kier alpha value is -1.75. The lowest BCUT2D eigenvalue weighted by Crippen LogP contribution is -2.38. The van der Waals surface area contributed by atoms with Crippen LogP contribution < -0.4 is 10.6 Å². The van der Waals surface area contributed by atoms with Gasteiger partial charge in [-0.25, -0.2) is 4.79 Å². The van der Waals surface area contributed by atoms with Gasteiger partial charge in [0.2, 0.25) is 0 Å². The summed E-state index contributed by atoms with van der Waals surface area (Å²) in [5.41, 5.74) is 1.78. The maximum Gasteiger partial charge on any atom is 0.411 e. The molecule has 1 aromatic carbocycles. The first kappa shape index (κ1) is 14.7. The molecular weight excluding hydrogens is 254 g/mol. The topological polar surface area (TPSA) is 53.6 Å². The number of hydrogen-bond acceptors (Lipinski definition) is 4. The molecule has 0 aliphatic carbocycles. The Morgan fingerprint density at radius 2 is 2.05 bits per heavy atom. The summed E-state index contributed by atoms with van der Waals surface area (Å²) in [5.74, 6) is 0. The van der Waals surface area contributed by atoms with E-state index in [1.165, 1.54) is 7.11 Å². The van der Waals surface area contributed by atoms with Crippen molar-refractivity contribution in [1.29, 1.82) is 0 Å². The van der Waals surface area contributed by atoms with Gasteiger partial charge < -0.3 is 15.0 Å². The van der Waals surface area contributed by atoms with Crippen molar-refractivity contribution in [1.82, 2.24) is 4.90 Å². The molecule has 5 heteroatoms. The minimum absolute atomic E-state index is 0.446. The van der Waals surface area contributed by atoms with E-state index in [4.69, 9.17) is 0 Å². The van der Waals surface area contributed by atoms with Crippen molar-refractivity contribution in [3.63, 3.8) is 0 Å². The van der Waals surface area contributed by atoms with E-state index in [-0.39, 0.29) is 0 Å². The zero-order chi connectivity index (χ0) is 14.4. The van der Waals surface area contributed by atoms with E-state index in [9.17, 15) is 4.79 Å². The molecule has 0 atom stereocenters. The lowest BCUT2D eigenvalue weighted by molar-refractivity contribution is 0.187. The SMILES string of the molecule is CCN1CCC(Nc2cccc(NC(=O)OC)c2)CC1. The average Bonchev–Trinajstić information content (AvgIpc) is 2.48. The average molecular weight is 277 g/mol. The van der Waals surface area contributed by atoms with Crippen LogP contribution in [0.5, 0.6) is 0 Å². The second-order valence-electron chi connectivity index (χ2n) is 5.05. The summed E-state index contributed by atoms with van der Waals surface area (Å²) in [5, 5.41) is 6.21. The van der Waals surface area contributed by atoms with Gasteiger partial charge in [-0.3, -0.25) is 5.32 Å². The summed E-state index contributed by atoms with van der Waals surface area (Å²) in [6.45, 7) is 5.63. The van der Waals surface area contributed by atoms with Crippen LogP contribution in [0.2, 0.25) is 0 Å². The summed E-state index contributed by atoms with van der Waals surface area (Å²) < 4.78 is 4.59. The summed E-state index contributed by atoms with van der Waals surface area (Å²) >= 11 is 0. The van der Waals surface area contributed by atoms with Crippen molar-refractivity contribution in [3.8, 4) is 0 Å². The van der Waals surface area contributed by atoms with E-state index < -0.39 is 6.09 Å². The Morgan fingerprint density at radius 1 is 1.35 bits per heavy atom. The molecule has 2 N–H and O–H groups in total. The van der Waals surface area contributed by atoms with Gasteiger partial charge in [-0.15, -0.1) is 0 Å². The number of carbonyl (C=O) groups is 1. The second-order valence-corrected chi connectivity index (χ2v) is 5.05. The van der Waals surface area contributed by atoms with Crippen LogP contribution in [-0.2, 0) is 4.74 Å². The Balaban J connectivity index is 1.90. The predicted molar refractivity (Wildman–Crippen MR) is 81.2 cm³/mol. The minimum Gasteiger partial charge on any atom is -0.453 e. The fourth-order valence-electron chi connectivity index (χ4n) is 2.48. The van der Waals surface area contributed by atoms with Crippen LogP contribution in [0.4, 0.5) is 16.2 Å². The van der Waals surface area contributed by atoms with Gasteiger partial charge >= 0.3 is 6.09 Å². The van der Waals surface area contributed by atoms with E-state index in [0.717, 1.165) is 43.9 Å². The molecule has 5 nitrogen and oxygen atoms in total. The number of amides is 1. The van der Waals surface area contributed by atoms with E-state index in [1.54, 1.807) is 0 Å².